The Kier molecular flexibility index (Phi) is 8.10. The quantitative estimate of drug-likeness (QED) is 0.614. The van der Waals surface area contributed by atoms with Gasteiger partial charge in [0.15, 0.2) is 0 Å². The molecule has 0 heterocycles. The summed E-state index contributed by atoms with van der Waals surface area (Å²) >= 11 is 0. The van der Waals surface area contributed by atoms with Crippen molar-refractivity contribution in [1.82, 2.24) is 10.6 Å². The van der Waals surface area contributed by atoms with E-state index in [9.17, 15) is 19.2 Å². The highest BCUT2D eigenvalue weighted by Crippen LogP contribution is 2.10. The van der Waals surface area contributed by atoms with Crippen LogP contribution in [-0.4, -0.2) is 29.9 Å². The first-order chi connectivity index (χ1) is 14.3. The highest BCUT2D eigenvalue weighted by molar-refractivity contribution is 6.07. The maximum Gasteiger partial charge on any atom is 0.408 e. The number of rotatable bonds is 8. The third-order valence-corrected chi connectivity index (χ3v) is 4.63. The molecule has 2 aromatic carbocycles. The Morgan fingerprint density at radius 1 is 1.00 bits per heavy atom. The number of hydrogen-bond acceptors (Lipinski definition) is 5. The van der Waals surface area contributed by atoms with Gasteiger partial charge in [0.25, 0.3) is 5.91 Å². The monoisotopic (exact) mass is 411 g/mol. The molecule has 0 fully saturated rings. The number of ether oxygens (including phenoxy) is 1. The van der Waals surface area contributed by atoms with Crippen LogP contribution >= 0.6 is 0 Å². The molecular weight excluding hydrogens is 386 g/mol. The first-order valence-corrected chi connectivity index (χ1v) is 9.54. The molecule has 0 aliphatic carbocycles. The van der Waals surface area contributed by atoms with Gasteiger partial charge in [-0.1, -0.05) is 56.7 Å². The van der Waals surface area contributed by atoms with E-state index in [0.29, 0.717) is 6.42 Å². The zero-order valence-electron chi connectivity index (χ0n) is 16.9. The minimum Gasteiger partial charge on any atom is -0.445 e. The summed E-state index contributed by atoms with van der Waals surface area (Å²) in [7, 11) is 0. The number of primary amides is 1. The van der Waals surface area contributed by atoms with Crippen molar-refractivity contribution in [3.8, 4) is 0 Å². The predicted molar refractivity (Wildman–Crippen MR) is 110 cm³/mol. The minimum absolute atomic E-state index is 0.0559. The zero-order valence-corrected chi connectivity index (χ0v) is 16.9. The molecule has 0 aliphatic heterocycles. The van der Waals surface area contributed by atoms with Gasteiger partial charge in [-0.25, -0.2) is 4.79 Å². The van der Waals surface area contributed by atoms with E-state index < -0.39 is 29.9 Å². The van der Waals surface area contributed by atoms with Crippen LogP contribution in [-0.2, 0) is 16.1 Å². The number of amides is 4. The van der Waals surface area contributed by atoms with Crippen molar-refractivity contribution in [3.63, 3.8) is 0 Å². The molecule has 8 heteroatoms. The third-order valence-electron chi connectivity index (χ3n) is 4.63. The molecule has 0 aliphatic rings. The van der Waals surface area contributed by atoms with Gasteiger partial charge in [-0.3, -0.25) is 19.7 Å². The topological polar surface area (TPSA) is 128 Å². The smallest absolute Gasteiger partial charge is 0.408 e. The molecule has 0 unspecified atom stereocenters. The van der Waals surface area contributed by atoms with Gasteiger partial charge < -0.3 is 15.8 Å². The van der Waals surface area contributed by atoms with E-state index in [1.165, 1.54) is 24.3 Å². The van der Waals surface area contributed by atoms with Crippen molar-refractivity contribution < 1.29 is 23.9 Å². The second kappa shape index (κ2) is 10.8. The van der Waals surface area contributed by atoms with Crippen LogP contribution in [0.3, 0.4) is 0 Å². The molecule has 0 saturated carbocycles. The largest absolute Gasteiger partial charge is 0.445 e. The van der Waals surface area contributed by atoms with E-state index in [0.717, 1.165) is 5.56 Å². The van der Waals surface area contributed by atoms with E-state index >= 15 is 0 Å². The van der Waals surface area contributed by atoms with Gasteiger partial charge in [0.1, 0.15) is 12.6 Å². The van der Waals surface area contributed by atoms with Crippen LogP contribution in [0.2, 0.25) is 0 Å². The van der Waals surface area contributed by atoms with Crippen LogP contribution in [0.15, 0.2) is 54.6 Å². The molecule has 2 rings (SSSR count). The van der Waals surface area contributed by atoms with Gasteiger partial charge >= 0.3 is 6.09 Å². The Labute approximate surface area is 174 Å². The maximum atomic E-state index is 12.7. The molecule has 8 nitrogen and oxygen atoms in total. The van der Waals surface area contributed by atoms with Crippen molar-refractivity contribution in [2.75, 3.05) is 0 Å². The van der Waals surface area contributed by atoms with E-state index in [1.807, 2.05) is 37.3 Å². The molecule has 0 bridgehead atoms. The summed E-state index contributed by atoms with van der Waals surface area (Å²) in [6, 6.07) is 13.9. The van der Waals surface area contributed by atoms with Crippen molar-refractivity contribution in [2.24, 2.45) is 11.7 Å². The molecule has 2 atom stereocenters. The molecule has 4 N–H and O–H groups in total. The summed E-state index contributed by atoms with van der Waals surface area (Å²) in [6.07, 6.45) is -0.176. The molecule has 0 aromatic heterocycles. The fraction of sp³-hybridized carbons (Fsp3) is 0.273. The van der Waals surface area contributed by atoms with Crippen LogP contribution in [0.1, 0.15) is 46.5 Å². The fourth-order valence-electron chi connectivity index (χ4n) is 2.67. The van der Waals surface area contributed by atoms with Crippen LogP contribution in [0.5, 0.6) is 0 Å². The molecule has 0 spiro atoms. The Morgan fingerprint density at radius 2 is 1.67 bits per heavy atom. The average Bonchev–Trinajstić information content (AvgIpc) is 2.76. The van der Waals surface area contributed by atoms with Crippen molar-refractivity contribution in [2.45, 2.75) is 32.9 Å². The lowest BCUT2D eigenvalue weighted by Crippen LogP contribution is -2.51. The first kappa shape index (κ1) is 22.6. The number of hydrogen-bond donors (Lipinski definition) is 3. The molecule has 0 saturated heterocycles. The number of benzene rings is 2. The second-order valence-electron chi connectivity index (χ2n) is 6.83. The fourth-order valence-corrected chi connectivity index (χ4v) is 2.67. The van der Waals surface area contributed by atoms with Crippen molar-refractivity contribution in [3.05, 3.63) is 71.3 Å². The van der Waals surface area contributed by atoms with Crippen LogP contribution in [0.4, 0.5) is 4.79 Å². The zero-order chi connectivity index (χ0) is 22.1. The molecule has 2 aromatic rings. The lowest BCUT2D eigenvalue weighted by Gasteiger charge is -2.23. The van der Waals surface area contributed by atoms with Gasteiger partial charge in [0.05, 0.1) is 0 Å². The van der Waals surface area contributed by atoms with E-state index in [2.05, 4.69) is 10.6 Å². The third kappa shape index (κ3) is 6.44. The molecule has 0 radical (unpaired) electrons. The summed E-state index contributed by atoms with van der Waals surface area (Å²) in [4.78, 5) is 48.5. The lowest BCUT2D eigenvalue weighted by molar-refractivity contribution is -0.123. The van der Waals surface area contributed by atoms with E-state index in [-0.39, 0.29) is 23.7 Å². The average molecular weight is 411 g/mol. The predicted octanol–water partition coefficient (Wildman–Crippen LogP) is 2.38. The number of nitrogens with one attached hydrogen (secondary N) is 2. The van der Waals surface area contributed by atoms with Gasteiger partial charge in [-0.2, -0.15) is 0 Å². The van der Waals surface area contributed by atoms with E-state index in [1.54, 1.807) is 6.92 Å². The van der Waals surface area contributed by atoms with Gasteiger partial charge in [-0.15, -0.1) is 0 Å². The number of carbonyl (C=O) groups is 4. The van der Waals surface area contributed by atoms with Crippen LogP contribution in [0.25, 0.3) is 0 Å². The molecule has 30 heavy (non-hydrogen) atoms. The SMILES string of the molecule is CC[C@H](C)[C@H](NC(=O)OCc1ccccc1)C(=O)NC(=O)c1cccc(C(N)=O)c1. The highest BCUT2D eigenvalue weighted by Gasteiger charge is 2.28. The summed E-state index contributed by atoms with van der Waals surface area (Å²) in [6.45, 7) is 3.69. The summed E-state index contributed by atoms with van der Waals surface area (Å²) in [5.41, 5.74) is 6.28. The summed E-state index contributed by atoms with van der Waals surface area (Å²) < 4.78 is 5.17. The Bertz CT molecular complexity index is 914. The van der Waals surface area contributed by atoms with Crippen LogP contribution in [0, 0.1) is 5.92 Å². The molecule has 158 valence electrons. The van der Waals surface area contributed by atoms with Gasteiger partial charge in [0, 0.05) is 11.1 Å². The number of carbonyl (C=O) groups excluding carboxylic acids is 4. The number of nitrogens with two attached hydrogens (primary N) is 1. The molecular formula is C22H25N3O5. The van der Waals surface area contributed by atoms with E-state index in [4.69, 9.17) is 10.5 Å². The van der Waals surface area contributed by atoms with Gasteiger partial charge in [0.2, 0.25) is 11.8 Å². The van der Waals surface area contributed by atoms with Crippen LogP contribution < -0.4 is 16.4 Å². The maximum absolute atomic E-state index is 12.7. The van der Waals surface area contributed by atoms with Crippen molar-refractivity contribution in [1.29, 1.82) is 0 Å². The second-order valence-corrected chi connectivity index (χ2v) is 6.83. The Hall–Kier alpha value is -3.68. The van der Waals surface area contributed by atoms with Crippen molar-refractivity contribution >= 4 is 23.8 Å². The standard InChI is InChI=1S/C22H25N3O5/c1-3-14(2)18(24-22(29)30-13-15-8-5-4-6-9-15)21(28)25-20(27)17-11-7-10-16(12-17)19(23)26/h4-12,14,18H,3,13H2,1-2H3,(H2,23,26)(H,24,29)(H,25,27,28)/t14-,18-/m0/s1. The first-order valence-electron chi connectivity index (χ1n) is 9.54. The number of alkyl carbamates (subject to hydrolysis) is 1. The molecule has 4 amide bonds. The van der Waals surface area contributed by atoms with Gasteiger partial charge in [-0.05, 0) is 29.7 Å². The Balaban J connectivity index is 2.02. The minimum atomic E-state index is -0.971. The summed E-state index contributed by atoms with van der Waals surface area (Å²) in [5, 5.41) is 4.78. The number of imide groups is 1. The normalized spacial score (nSPS) is 12.3. The Morgan fingerprint density at radius 3 is 2.30 bits per heavy atom. The summed E-state index contributed by atoms with van der Waals surface area (Å²) in [5.74, 6) is -2.30. The highest BCUT2D eigenvalue weighted by atomic mass is 16.5. The lowest BCUT2D eigenvalue weighted by atomic mass is 9.98.